The lowest BCUT2D eigenvalue weighted by Crippen LogP contribution is -2.39. The van der Waals surface area contributed by atoms with E-state index >= 15 is 0 Å². The monoisotopic (exact) mass is 336 g/mol. The molecule has 20 heavy (non-hydrogen) atoms. The normalized spacial score (nSPS) is 19.3. The maximum absolute atomic E-state index is 12.4. The van der Waals surface area contributed by atoms with Crippen molar-refractivity contribution >= 4 is 21.8 Å². The molecule has 1 amide bonds. The Morgan fingerprint density at radius 1 is 1.50 bits per heavy atom. The summed E-state index contributed by atoms with van der Waals surface area (Å²) < 4.78 is 0.900. The van der Waals surface area contributed by atoms with Crippen molar-refractivity contribution in [1.29, 1.82) is 0 Å². The standard InChI is InChI=1S/C14H17BrN4O/c1-9-5-12(18-17-9)10-3-2-4-19(8-10)14(20)13-6-11(15)7-16-13/h5-7,10,16H,2-4,8H2,1H3,(H,17,18)/t10-/m0/s1. The van der Waals surface area contributed by atoms with E-state index in [1.165, 1.54) is 0 Å². The van der Waals surface area contributed by atoms with Gasteiger partial charge < -0.3 is 9.88 Å². The van der Waals surface area contributed by atoms with Crippen molar-refractivity contribution in [3.63, 3.8) is 0 Å². The molecule has 1 saturated heterocycles. The summed E-state index contributed by atoms with van der Waals surface area (Å²) in [6.07, 6.45) is 3.89. The summed E-state index contributed by atoms with van der Waals surface area (Å²) in [5, 5.41) is 7.31. The van der Waals surface area contributed by atoms with E-state index in [-0.39, 0.29) is 5.91 Å². The molecule has 0 spiro atoms. The molecule has 106 valence electrons. The van der Waals surface area contributed by atoms with Crippen LogP contribution in [-0.4, -0.2) is 39.1 Å². The molecule has 0 aliphatic carbocycles. The smallest absolute Gasteiger partial charge is 0.270 e. The highest BCUT2D eigenvalue weighted by molar-refractivity contribution is 9.10. The number of nitrogens with zero attached hydrogens (tertiary/aromatic N) is 2. The minimum atomic E-state index is 0.0626. The van der Waals surface area contributed by atoms with E-state index in [0.29, 0.717) is 11.6 Å². The molecule has 1 aliphatic rings. The van der Waals surface area contributed by atoms with E-state index in [1.807, 2.05) is 17.9 Å². The zero-order chi connectivity index (χ0) is 14.1. The molecule has 1 atom stereocenters. The lowest BCUT2D eigenvalue weighted by atomic mass is 9.94. The lowest BCUT2D eigenvalue weighted by molar-refractivity contribution is 0.0700. The summed E-state index contributed by atoms with van der Waals surface area (Å²) >= 11 is 3.36. The molecule has 1 aliphatic heterocycles. The Bertz CT molecular complexity index is 618. The maximum Gasteiger partial charge on any atom is 0.270 e. The van der Waals surface area contributed by atoms with Crippen LogP contribution in [0.25, 0.3) is 0 Å². The number of hydrogen-bond acceptors (Lipinski definition) is 2. The molecule has 0 unspecified atom stereocenters. The van der Waals surface area contributed by atoms with Crippen molar-refractivity contribution in [2.75, 3.05) is 13.1 Å². The quantitative estimate of drug-likeness (QED) is 0.885. The van der Waals surface area contributed by atoms with Crippen LogP contribution in [0.4, 0.5) is 0 Å². The number of rotatable bonds is 2. The van der Waals surface area contributed by atoms with Crippen LogP contribution in [-0.2, 0) is 0 Å². The molecular formula is C14H17BrN4O. The summed E-state index contributed by atoms with van der Waals surface area (Å²) in [4.78, 5) is 17.4. The van der Waals surface area contributed by atoms with Crippen LogP contribution in [0, 0.1) is 6.92 Å². The van der Waals surface area contributed by atoms with Crippen LogP contribution in [0.2, 0.25) is 0 Å². The van der Waals surface area contributed by atoms with Gasteiger partial charge in [-0.05, 0) is 47.8 Å². The van der Waals surface area contributed by atoms with Crippen molar-refractivity contribution < 1.29 is 4.79 Å². The number of carbonyl (C=O) groups is 1. The number of hydrogen-bond donors (Lipinski definition) is 2. The second-order valence-electron chi connectivity index (χ2n) is 5.30. The predicted octanol–water partition coefficient (Wildman–Crippen LogP) is 2.83. The number of aromatic nitrogens is 3. The van der Waals surface area contributed by atoms with E-state index in [1.54, 1.807) is 6.20 Å². The van der Waals surface area contributed by atoms with Crippen LogP contribution >= 0.6 is 15.9 Å². The molecule has 1 fully saturated rings. The summed E-state index contributed by atoms with van der Waals surface area (Å²) in [7, 11) is 0. The third kappa shape index (κ3) is 2.65. The number of amides is 1. The van der Waals surface area contributed by atoms with Crippen LogP contribution in [0.3, 0.4) is 0 Å². The Balaban J connectivity index is 1.73. The molecule has 0 aromatic carbocycles. The van der Waals surface area contributed by atoms with Crippen molar-refractivity contribution in [2.45, 2.75) is 25.7 Å². The van der Waals surface area contributed by atoms with Gasteiger partial charge in [0.15, 0.2) is 0 Å². The van der Waals surface area contributed by atoms with Gasteiger partial charge in [0.25, 0.3) is 5.91 Å². The molecule has 3 rings (SSSR count). The van der Waals surface area contributed by atoms with Gasteiger partial charge in [0.2, 0.25) is 0 Å². The van der Waals surface area contributed by atoms with E-state index in [9.17, 15) is 4.79 Å². The summed E-state index contributed by atoms with van der Waals surface area (Å²) in [5.74, 6) is 0.392. The molecule has 0 radical (unpaired) electrons. The second kappa shape index (κ2) is 5.44. The molecule has 5 nitrogen and oxygen atoms in total. The number of H-pyrrole nitrogens is 2. The average molecular weight is 337 g/mol. The number of piperidine rings is 1. The Hall–Kier alpha value is -1.56. The first kappa shape index (κ1) is 13.4. The molecule has 2 N–H and O–H groups in total. The third-order valence-corrected chi connectivity index (χ3v) is 4.19. The SMILES string of the molecule is Cc1cc([C@H]2CCCN(C(=O)c3cc(Br)c[nH]3)C2)n[nH]1. The molecule has 2 aromatic heterocycles. The largest absolute Gasteiger partial charge is 0.356 e. The van der Waals surface area contributed by atoms with Gasteiger partial charge in [-0.3, -0.25) is 9.89 Å². The number of aryl methyl sites for hydroxylation is 1. The molecule has 6 heteroatoms. The minimum Gasteiger partial charge on any atom is -0.356 e. The molecule has 3 heterocycles. The molecule has 2 aromatic rings. The van der Waals surface area contributed by atoms with Gasteiger partial charge in [-0.1, -0.05) is 0 Å². The van der Waals surface area contributed by atoms with Gasteiger partial charge in [-0.2, -0.15) is 5.10 Å². The van der Waals surface area contributed by atoms with E-state index in [2.05, 4.69) is 37.2 Å². The van der Waals surface area contributed by atoms with Gasteiger partial charge in [-0.15, -0.1) is 0 Å². The van der Waals surface area contributed by atoms with E-state index in [4.69, 9.17) is 0 Å². The second-order valence-corrected chi connectivity index (χ2v) is 6.21. The van der Waals surface area contributed by atoms with Gasteiger partial charge in [0, 0.05) is 35.4 Å². The first-order chi connectivity index (χ1) is 9.63. The molecular weight excluding hydrogens is 320 g/mol. The lowest BCUT2D eigenvalue weighted by Gasteiger charge is -2.31. The summed E-state index contributed by atoms with van der Waals surface area (Å²) in [6, 6.07) is 3.90. The van der Waals surface area contributed by atoms with E-state index < -0.39 is 0 Å². The average Bonchev–Trinajstić information content (AvgIpc) is 3.07. The maximum atomic E-state index is 12.4. The highest BCUT2D eigenvalue weighted by Crippen LogP contribution is 2.27. The Morgan fingerprint density at radius 2 is 2.35 bits per heavy atom. The van der Waals surface area contributed by atoms with Gasteiger partial charge >= 0.3 is 0 Å². The fourth-order valence-corrected chi connectivity index (χ4v) is 3.06. The van der Waals surface area contributed by atoms with Crippen LogP contribution in [0.15, 0.2) is 22.8 Å². The first-order valence-corrected chi connectivity index (χ1v) is 7.58. The minimum absolute atomic E-state index is 0.0626. The van der Waals surface area contributed by atoms with Gasteiger partial charge in [0.1, 0.15) is 5.69 Å². The van der Waals surface area contributed by atoms with Crippen molar-refractivity contribution in [3.05, 3.63) is 39.9 Å². The topological polar surface area (TPSA) is 64.8 Å². The van der Waals surface area contributed by atoms with Gasteiger partial charge in [0.05, 0.1) is 5.69 Å². The zero-order valence-corrected chi connectivity index (χ0v) is 12.9. The number of halogens is 1. The summed E-state index contributed by atoms with van der Waals surface area (Å²) in [5.41, 5.74) is 2.76. The number of likely N-dealkylation sites (tertiary alicyclic amines) is 1. The number of nitrogens with one attached hydrogen (secondary N) is 2. The van der Waals surface area contributed by atoms with Gasteiger partial charge in [-0.25, -0.2) is 0 Å². The molecule has 0 saturated carbocycles. The highest BCUT2D eigenvalue weighted by Gasteiger charge is 2.27. The highest BCUT2D eigenvalue weighted by atomic mass is 79.9. The third-order valence-electron chi connectivity index (χ3n) is 3.73. The van der Waals surface area contributed by atoms with E-state index in [0.717, 1.165) is 41.8 Å². The molecule has 0 bridgehead atoms. The van der Waals surface area contributed by atoms with Crippen molar-refractivity contribution in [2.24, 2.45) is 0 Å². The number of carbonyl (C=O) groups excluding carboxylic acids is 1. The fraction of sp³-hybridized carbons (Fsp3) is 0.429. The number of aromatic amines is 2. The Kier molecular flexibility index (Phi) is 3.65. The summed E-state index contributed by atoms with van der Waals surface area (Å²) in [6.45, 7) is 3.55. The van der Waals surface area contributed by atoms with Crippen molar-refractivity contribution in [1.82, 2.24) is 20.1 Å². The van der Waals surface area contributed by atoms with Crippen LogP contribution in [0.5, 0.6) is 0 Å². The Morgan fingerprint density at radius 3 is 3.00 bits per heavy atom. The first-order valence-electron chi connectivity index (χ1n) is 6.78. The Labute approximate surface area is 125 Å². The van der Waals surface area contributed by atoms with Crippen LogP contribution in [0.1, 0.15) is 40.6 Å². The van der Waals surface area contributed by atoms with Crippen LogP contribution < -0.4 is 0 Å². The van der Waals surface area contributed by atoms with Crippen molar-refractivity contribution in [3.8, 4) is 0 Å². The zero-order valence-electron chi connectivity index (χ0n) is 11.3. The fourth-order valence-electron chi connectivity index (χ4n) is 2.71. The predicted molar refractivity (Wildman–Crippen MR) is 79.7 cm³/mol.